The van der Waals surface area contributed by atoms with Crippen LogP contribution in [0.5, 0.6) is 23.0 Å². The highest BCUT2D eigenvalue weighted by atomic mass is 79.9. The van der Waals surface area contributed by atoms with Gasteiger partial charge in [0.05, 0.1) is 22.6 Å². The van der Waals surface area contributed by atoms with Crippen molar-refractivity contribution in [1.29, 1.82) is 0 Å². The molecule has 1 aliphatic heterocycles. The van der Waals surface area contributed by atoms with Gasteiger partial charge in [-0.15, -0.1) is 0 Å². The molecule has 3 N–H and O–H groups in total. The number of nitrogens with one attached hydrogen (secondary N) is 3. The monoisotopic (exact) mass is 511 g/mol. The van der Waals surface area contributed by atoms with E-state index in [1.807, 2.05) is 48.5 Å². The van der Waals surface area contributed by atoms with Crippen molar-refractivity contribution in [2.24, 2.45) is 0 Å². The first-order valence-corrected chi connectivity index (χ1v) is 11.2. The van der Waals surface area contributed by atoms with Crippen LogP contribution < -0.4 is 30.0 Å². The van der Waals surface area contributed by atoms with E-state index in [0.29, 0.717) is 37.9 Å². The second kappa shape index (κ2) is 9.11. The summed E-state index contributed by atoms with van der Waals surface area (Å²) in [4.78, 5) is 17.0. The van der Waals surface area contributed by atoms with Crippen LogP contribution in [0.2, 0.25) is 0 Å². The number of methoxy groups -OCH3 is 1. The first-order valence-electron chi connectivity index (χ1n) is 10.4. The molecule has 0 radical (unpaired) electrons. The summed E-state index contributed by atoms with van der Waals surface area (Å²) in [5, 5.41) is 3.37. The summed E-state index contributed by atoms with van der Waals surface area (Å²) in [6, 6.07) is 15.4. The molecule has 0 bridgehead atoms. The normalized spacial score (nSPS) is 12.5. The molecule has 170 valence electrons. The highest BCUT2D eigenvalue weighted by Crippen LogP contribution is 2.38. The van der Waals surface area contributed by atoms with Gasteiger partial charge in [-0.2, -0.15) is 0 Å². The van der Waals surface area contributed by atoms with E-state index >= 15 is 0 Å². The van der Waals surface area contributed by atoms with Crippen LogP contribution in [0.15, 0.2) is 57.8 Å². The summed E-state index contributed by atoms with van der Waals surface area (Å²) in [7, 11) is 1.62. The molecule has 1 aromatic heterocycles. The number of aromatic nitrogens is 2. The standard InChI is InChI=1S/C24H22BrN3O5/c1-30-22-10-15(12-26-16-3-4-18-19(11-16)28-24(29)27-18)8-17(25)23(22)33-13-14-2-5-20-21(9-14)32-7-6-31-20/h2-5,8-11,26H,6-7,12-13H2,1H3,(H2,27,28,29). The zero-order chi connectivity index (χ0) is 22.8. The second-order valence-electron chi connectivity index (χ2n) is 7.57. The number of halogens is 1. The molecule has 0 amide bonds. The Morgan fingerprint density at radius 2 is 1.79 bits per heavy atom. The average Bonchev–Trinajstić information content (AvgIpc) is 3.20. The van der Waals surface area contributed by atoms with Crippen molar-refractivity contribution in [1.82, 2.24) is 9.97 Å². The number of anilines is 1. The molecular formula is C24H22BrN3O5. The lowest BCUT2D eigenvalue weighted by Crippen LogP contribution is -2.15. The minimum atomic E-state index is -0.220. The van der Waals surface area contributed by atoms with Crippen LogP contribution in [0.4, 0.5) is 5.69 Å². The van der Waals surface area contributed by atoms with E-state index < -0.39 is 0 Å². The quantitative estimate of drug-likeness (QED) is 0.335. The van der Waals surface area contributed by atoms with E-state index in [-0.39, 0.29) is 5.69 Å². The van der Waals surface area contributed by atoms with Crippen molar-refractivity contribution in [2.75, 3.05) is 25.6 Å². The predicted molar refractivity (Wildman–Crippen MR) is 129 cm³/mol. The highest BCUT2D eigenvalue weighted by molar-refractivity contribution is 9.10. The van der Waals surface area contributed by atoms with Gasteiger partial charge in [0, 0.05) is 12.2 Å². The van der Waals surface area contributed by atoms with Gasteiger partial charge in [-0.1, -0.05) is 6.07 Å². The van der Waals surface area contributed by atoms with Crippen molar-refractivity contribution < 1.29 is 18.9 Å². The average molecular weight is 512 g/mol. The van der Waals surface area contributed by atoms with Gasteiger partial charge >= 0.3 is 5.69 Å². The molecule has 0 atom stereocenters. The van der Waals surface area contributed by atoms with Crippen LogP contribution in [-0.4, -0.2) is 30.3 Å². The smallest absolute Gasteiger partial charge is 0.323 e. The molecule has 9 heteroatoms. The number of fused-ring (bicyclic) bond motifs is 2. The molecule has 1 aliphatic rings. The molecule has 0 spiro atoms. The van der Waals surface area contributed by atoms with E-state index in [9.17, 15) is 4.79 Å². The number of rotatable bonds is 7. The first kappa shape index (κ1) is 21.3. The third-order valence-electron chi connectivity index (χ3n) is 5.29. The summed E-state index contributed by atoms with van der Waals surface area (Å²) in [6.07, 6.45) is 0. The zero-order valence-corrected chi connectivity index (χ0v) is 19.5. The maximum absolute atomic E-state index is 11.5. The van der Waals surface area contributed by atoms with Crippen LogP contribution in [0, 0.1) is 0 Å². The molecule has 0 saturated carbocycles. The number of H-pyrrole nitrogens is 2. The molecular weight excluding hydrogens is 490 g/mol. The number of aromatic amines is 2. The summed E-state index contributed by atoms with van der Waals surface area (Å²) in [5.74, 6) is 2.74. The van der Waals surface area contributed by atoms with Gasteiger partial charge in [0.15, 0.2) is 23.0 Å². The fourth-order valence-electron chi connectivity index (χ4n) is 3.70. The van der Waals surface area contributed by atoms with E-state index in [1.165, 1.54) is 0 Å². The Balaban J connectivity index is 1.28. The van der Waals surface area contributed by atoms with Crippen LogP contribution >= 0.6 is 15.9 Å². The van der Waals surface area contributed by atoms with Gasteiger partial charge in [0.25, 0.3) is 0 Å². The van der Waals surface area contributed by atoms with Crippen LogP contribution in [0.1, 0.15) is 11.1 Å². The molecule has 0 unspecified atom stereocenters. The second-order valence-corrected chi connectivity index (χ2v) is 8.42. The molecule has 3 aromatic carbocycles. The van der Waals surface area contributed by atoms with E-state index in [1.54, 1.807) is 7.11 Å². The number of hydrogen-bond donors (Lipinski definition) is 3. The molecule has 0 aliphatic carbocycles. The largest absolute Gasteiger partial charge is 0.493 e. The number of benzene rings is 3. The molecule has 5 rings (SSSR count). The molecule has 4 aromatic rings. The molecule has 2 heterocycles. The molecule has 0 fully saturated rings. The molecule has 33 heavy (non-hydrogen) atoms. The van der Waals surface area contributed by atoms with Crippen LogP contribution in [0.3, 0.4) is 0 Å². The number of hydrogen-bond acceptors (Lipinski definition) is 6. The summed E-state index contributed by atoms with van der Waals surface area (Å²) >= 11 is 3.61. The fraction of sp³-hybridized carbons (Fsp3) is 0.208. The zero-order valence-electron chi connectivity index (χ0n) is 17.9. The van der Waals surface area contributed by atoms with Crippen LogP contribution in [0.25, 0.3) is 11.0 Å². The Kier molecular flexibility index (Phi) is 5.87. The Morgan fingerprint density at radius 1 is 0.970 bits per heavy atom. The minimum absolute atomic E-state index is 0.220. The molecule has 8 nitrogen and oxygen atoms in total. The maximum Gasteiger partial charge on any atom is 0.323 e. The van der Waals surface area contributed by atoms with Crippen molar-refractivity contribution in [3.8, 4) is 23.0 Å². The van der Waals surface area contributed by atoms with Gasteiger partial charge < -0.3 is 34.2 Å². The van der Waals surface area contributed by atoms with Crippen molar-refractivity contribution in [3.05, 3.63) is 74.6 Å². The molecule has 0 saturated heterocycles. The first-order chi connectivity index (χ1) is 16.1. The summed E-state index contributed by atoms with van der Waals surface area (Å²) < 4.78 is 23.7. The SMILES string of the molecule is COc1cc(CNc2ccc3[nH]c(=O)[nH]c3c2)cc(Br)c1OCc1ccc2c(c1)OCCO2. The van der Waals surface area contributed by atoms with Crippen molar-refractivity contribution >= 4 is 32.7 Å². The van der Waals surface area contributed by atoms with E-state index in [0.717, 1.165) is 43.8 Å². The maximum atomic E-state index is 11.5. The Labute approximate surface area is 198 Å². The topological polar surface area (TPSA) is 97.6 Å². The van der Waals surface area contributed by atoms with Gasteiger partial charge in [-0.05, 0) is 69.5 Å². The Bertz CT molecular complexity index is 1360. The third-order valence-corrected chi connectivity index (χ3v) is 5.88. The van der Waals surface area contributed by atoms with E-state index in [4.69, 9.17) is 18.9 Å². The lowest BCUT2D eigenvalue weighted by atomic mass is 10.2. The Morgan fingerprint density at radius 3 is 2.64 bits per heavy atom. The third kappa shape index (κ3) is 4.63. The van der Waals surface area contributed by atoms with Crippen molar-refractivity contribution in [2.45, 2.75) is 13.2 Å². The predicted octanol–water partition coefficient (Wildman–Crippen LogP) is 4.59. The van der Waals surface area contributed by atoms with Gasteiger partial charge in [0.1, 0.15) is 19.8 Å². The highest BCUT2D eigenvalue weighted by Gasteiger charge is 2.15. The van der Waals surface area contributed by atoms with Crippen LogP contribution in [-0.2, 0) is 13.2 Å². The summed E-state index contributed by atoms with van der Waals surface area (Å²) in [5.41, 5.74) is 4.18. The number of imidazole rings is 1. The van der Waals surface area contributed by atoms with Gasteiger partial charge in [-0.3, -0.25) is 0 Å². The van der Waals surface area contributed by atoms with Gasteiger partial charge in [-0.25, -0.2) is 4.79 Å². The lowest BCUT2D eigenvalue weighted by molar-refractivity contribution is 0.171. The summed E-state index contributed by atoms with van der Waals surface area (Å²) in [6.45, 7) is 2.03. The fourth-order valence-corrected chi connectivity index (χ4v) is 4.30. The van der Waals surface area contributed by atoms with Gasteiger partial charge in [0.2, 0.25) is 0 Å². The number of ether oxygens (including phenoxy) is 4. The Hall–Kier alpha value is -3.59. The van der Waals surface area contributed by atoms with E-state index in [2.05, 4.69) is 31.2 Å². The van der Waals surface area contributed by atoms with Crippen molar-refractivity contribution in [3.63, 3.8) is 0 Å². The minimum Gasteiger partial charge on any atom is -0.493 e. The lowest BCUT2D eigenvalue weighted by Gasteiger charge is -2.19.